The van der Waals surface area contributed by atoms with E-state index in [0.29, 0.717) is 6.54 Å². The first-order valence-electron chi connectivity index (χ1n) is 6.90. The molecule has 1 atom stereocenters. The number of aliphatic hydroxyl groups is 1. The Balaban J connectivity index is 2.03. The van der Waals surface area contributed by atoms with Gasteiger partial charge in [0.1, 0.15) is 0 Å². The first-order chi connectivity index (χ1) is 9.02. The molecule has 0 spiro atoms. The van der Waals surface area contributed by atoms with Gasteiger partial charge in [-0.05, 0) is 51.5 Å². The van der Waals surface area contributed by atoms with E-state index in [-0.39, 0.29) is 6.04 Å². The maximum Gasteiger partial charge on any atom is 0.0798 e. The first kappa shape index (κ1) is 14.8. The van der Waals surface area contributed by atoms with E-state index < -0.39 is 5.60 Å². The van der Waals surface area contributed by atoms with E-state index in [1.54, 1.807) is 0 Å². The van der Waals surface area contributed by atoms with Crippen LogP contribution < -0.4 is 5.32 Å². The average Bonchev–Trinajstić information content (AvgIpc) is 2.39. The van der Waals surface area contributed by atoms with Crippen LogP contribution >= 0.6 is 11.6 Å². The average molecular weight is 283 g/mol. The van der Waals surface area contributed by atoms with Crippen molar-refractivity contribution in [2.24, 2.45) is 0 Å². The molecule has 0 bridgehead atoms. The van der Waals surface area contributed by atoms with Crippen molar-refractivity contribution in [1.82, 2.24) is 10.2 Å². The number of nitrogens with one attached hydrogen (secondary N) is 1. The molecule has 3 nitrogen and oxygen atoms in total. The van der Waals surface area contributed by atoms with E-state index in [0.717, 1.165) is 36.5 Å². The molecule has 0 saturated carbocycles. The summed E-state index contributed by atoms with van der Waals surface area (Å²) in [6, 6.07) is 8.12. The molecule has 0 aliphatic carbocycles. The van der Waals surface area contributed by atoms with Crippen LogP contribution in [0, 0.1) is 0 Å². The van der Waals surface area contributed by atoms with Gasteiger partial charge in [-0.25, -0.2) is 0 Å². The Morgan fingerprint density at radius 3 is 2.63 bits per heavy atom. The van der Waals surface area contributed by atoms with Crippen LogP contribution in [0.25, 0.3) is 0 Å². The van der Waals surface area contributed by atoms with Gasteiger partial charge in [0.15, 0.2) is 0 Å². The molecule has 1 saturated heterocycles. The molecule has 0 radical (unpaired) electrons. The maximum absolute atomic E-state index is 10.6. The van der Waals surface area contributed by atoms with Crippen molar-refractivity contribution >= 4 is 11.6 Å². The predicted molar refractivity (Wildman–Crippen MR) is 79.6 cm³/mol. The van der Waals surface area contributed by atoms with Crippen LogP contribution in [0.5, 0.6) is 0 Å². The van der Waals surface area contributed by atoms with Crippen molar-refractivity contribution in [1.29, 1.82) is 0 Å². The number of likely N-dealkylation sites (N-methyl/N-ethyl adjacent to an activating group) is 1. The summed E-state index contributed by atoms with van der Waals surface area (Å²) in [6.45, 7) is 4.60. The molecule has 1 heterocycles. The lowest BCUT2D eigenvalue weighted by molar-refractivity contribution is -0.0228. The molecule has 106 valence electrons. The standard InChI is InChI=1S/C15H23ClN2O/c1-12(13-5-3-4-6-14(13)16)18(2)11-15(19)7-9-17-10-8-15/h3-6,12,17,19H,7-11H2,1-2H3. The van der Waals surface area contributed by atoms with Gasteiger partial charge < -0.3 is 10.4 Å². The van der Waals surface area contributed by atoms with Gasteiger partial charge in [-0.15, -0.1) is 0 Å². The fourth-order valence-corrected chi connectivity index (χ4v) is 3.00. The number of halogens is 1. The molecule has 1 aromatic rings. The van der Waals surface area contributed by atoms with E-state index in [1.165, 1.54) is 0 Å². The molecule has 2 N–H and O–H groups in total. The zero-order valence-electron chi connectivity index (χ0n) is 11.7. The van der Waals surface area contributed by atoms with E-state index in [9.17, 15) is 5.11 Å². The van der Waals surface area contributed by atoms with Crippen molar-refractivity contribution in [2.75, 3.05) is 26.7 Å². The summed E-state index contributed by atoms with van der Waals surface area (Å²) in [5.41, 5.74) is 0.541. The second-order valence-electron chi connectivity index (χ2n) is 5.59. The highest BCUT2D eigenvalue weighted by molar-refractivity contribution is 6.31. The third-order valence-corrected chi connectivity index (χ3v) is 4.44. The lowest BCUT2D eigenvalue weighted by Crippen LogP contribution is -2.49. The van der Waals surface area contributed by atoms with Crippen LogP contribution in [0.2, 0.25) is 5.02 Å². The normalized spacial score (nSPS) is 20.5. The smallest absolute Gasteiger partial charge is 0.0798 e. The second kappa shape index (κ2) is 6.23. The zero-order chi connectivity index (χ0) is 13.9. The molecule has 1 aliphatic heterocycles. The summed E-state index contributed by atoms with van der Waals surface area (Å²) in [5, 5.41) is 14.7. The lowest BCUT2D eigenvalue weighted by Gasteiger charge is -2.38. The first-order valence-corrected chi connectivity index (χ1v) is 7.27. The molecule has 1 aromatic carbocycles. The minimum absolute atomic E-state index is 0.201. The minimum Gasteiger partial charge on any atom is -0.388 e. The van der Waals surface area contributed by atoms with Gasteiger partial charge in [-0.3, -0.25) is 4.90 Å². The Labute approximate surface area is 120 Å². The van der Waals surface area contributed by atoms with E-state index in [1.807, 2.05) is 25.2 Å². The number of hydrogen-bond donors (Lipinski definition) is 2. The molecular weight excluding hydrogens is 260 g/mol. The van der Waals surface area contributed by atoms with Gasteiger partial charge in [0.25, 0.3) is 0 Å². The molecule has 1 aliphatic rings. The van der Waals surface area contributed by atoms with Gasteiger partial charge in [0.2, 0.25) is 0 Å². The summed E-state index contributed by atoms with van der Waals surface area (Å²) in [6.07, 6.45) is 1.62. The monoisotopic (exact) mass is 282 g/mol. The molecule has 1 fully saturated rings. The highest BCUT2D eigenvalue weighted by Crippen LogP contribution is 2.28. The van der Waals surface area contributed by atoms with Crippen LogP contribution in [0.15, 0.2) is 24.3 Å². The SMILES string of the molecule is CC(c1ccccc1Cl)N(C)CC1(O)CCNCC1. The van der Waals surface area contributed by atoms with Crippen molar-refractivity contribution in [3.63, 3.8) is 0 Å². The van der Waals surface area contributed by atoms with Crippen LogP contribution in [0.3, 0.4) is 0 Å². The largest absolute Gasteiger partial charge is 0.388 e. The molecule has 0 amide bonds. The van der Waals surface area contributed by atoms with Crippen LogP contribution in [-0.2, 0) is 0 Å². The predicted octanol–water partition coefficient (Wildman–Crippen LogP) is 2.45. The number of benzene rings is 1. The Morgan fingerprint density at radius 2 is 2.00 bits per heavy atom. The quantitative estimate of drug-likeness (QED) is 0.890. The van der Waals surface area contributed by atoms with Gasteiger partial charge in [0.05, 0.1) is 5.60 Å². The summed E-state index contributed by atoms with van der Waals surface area (Å²) in [5.74, 6) is 0. The summed E-state index contributed by atoms with van der Waals surface area (Å²) >= 11 is 6.24. The van der Waals surface area contributed by atoms with Gasteiger partial charge in [-0.2, -0.15) is 0 Å². The minimum atomic E-state index is -0.574. The third-order valence-electron chi connectivity index (χ3n) is 4.09. The van der Waals surface area contributed by atoms with Crippen molar-refractivity contribution in [3.05, 3.63) is 34.9 Å². The number of piperidine rings is 1. The topological polar surface area (TPSA) is 35.5 Å². The molecule has 1 unspecified atom stereocenters. The van der Waals surface area contributed by atoms with Crippen molar-refractivity contribution in [3.8, 4) is 0 Å². The fourth-order valence-electron chi connectivity index (χ4n) is 2.70. The molecular formula is C15H23ClN2O. The molecule has 0 aromatic heterocycles. The van der Waals surface area contributed by atoms with Gasteiger partial charge in [-0.1, -0.05) is 29.8 Å². The molecule has 19 heavy (non-hydrogen) atoms. The zero-order valence-corrected chi connectivity index (χ0v) is 12.5. The third kappa shape index (κ3) is 3.69. The van der Waals surface area contributed by atoms with Gasteiger partial charge in [0, 0.05) is 17.6 Å². The Morgan fingerprint density at radius 1 is 1.37 bits per heavy atom. The molecule has 2 rings (SSSR count). The maximum atomic E-state index is 10.6. The Kier molecular flexibility index (Phi) is 4.85. The highest BCUT2D eigenvalue weighted by Gasteiger charge is 2.31. The number of rotatable bonds is 4. The molecule has 4 heteroatoms. The van der Waals surface area contributed by atoms with E-state index in [2.05, 4.69) is 23.2 Å². The fraction of sp³-hybridized carbons (Fsp3) is 0.600. The van der Waals surface area contributed by atoms with Gasteiger partial charge >= 0.3 is 0 Å². The Bertz CT molecular complexity index is 418. The van der Waals surface area contributed by atoms with E-state index in [4.69, 9.17) is 11.6 Å². The summed E-state index contributed by atoms with van der Waals surface area (Å²) < 4.78 is 0. The summed E-state index contributed by atoms with van der Waals surface area (Å²) in [7, 11) is 2.05. The second-order valence-corrected chi connectivity index (χ2v) is 5.99. The van der Waals surface area contributed by atoms with E-state index >= 15 is 0 Å². The van der Waals surface area contributed by atoms with Crippen molar-refractivity contribution in [2.45, 2.75) is 31.4 Å². The highest BCUT2D eigenvalue weighted by atomic mass is 35.5. The summed E-state index contributed by atoms with van der Waals surface area (Å²) in [4.78, 5) is 2.19. The van der Waals surface area contributed by atoms with Crippen LogP contribution in [-0.4, -0.2) is 42.3 Å². The van der Waals surface area contributed by atoms with Crippen LogP contribution in [0.1, 0.15) is 31.4 Å². The number of hydrogen-bond acceptors (Lipinski definition) is 3. The number of nitrogens with zero attached hydrogens (tertiary/aromatic N) is 1. The van der Waals surface area contributed by atoms with Crippen LogP contribution in [0.4, 0.5) is 0 Å². The lowest BCUT2D eigenvalue weighted by atomic mass is 9.91. The Hall–Kier alpha value is -0.610. The van der Waals surface area contributed by atoms with Crippen molar-refractivity contribution < 1.29 is 5.11 Å².